The topological polar surface area (TPSA) is 64.2 Å². The van der Waals surface area contributed by atoms with Gasteiger partial charge in [0, 0.05) is 13.1 Å². The number of rotatable bonds is 5. The minimum absolute atomic E-state index is 0.110. The summed E-state index contributed by atoms with van der Waals surface area (Å²) in [4.78, 5) is 10.4. The van der Waals surface area contributed by atoms with Gasteiger partial charge in [-0.2, -0.15) is 0 Å². The number of aliphatic hydroxyl groups is 1. The molecule has 5 nitrogen and oxygen atoms in total. The van der Waals surface area contributed by atoms with E-state index in [-0.39, 0.29) is 6.04 Å². The third kappa shape index (κ3) is 3.74. The van der Waals surface area contributed by atoms with Gasteiger partial charge in [-0.3, -0.25) is 0 Å². The van der Waals surface area contributed by atoms with Gasteiger partial charge in [0.05, 0.1) is 22.7 Å². The van der Waals surface area contributed by atoms with Crippen molar-refractivity contribution in [1.29, 1.82) is 0 Å². The zero-order valence-electron chi connectivity index (χ0n) is 14.3. The van der Waals surface area contributed by atoms with Crippen LogP contribution in [0.5, 0.6) is 0 Å². The van der Waals surface area contributed by atoms with Crippen LogP contribution in [0.15, 0.2) is 24.3 Å². The molecule has 0 radical (unpaired) electrons. The Morgan fingerprint density at radius 3 is 2.87 bits per heavy atom. The van der Waals surface area contributed by atoms with Crippen LogP contribution in [-0.4, -0.2) is 52.3 Å². The molecule has 126 valence electrons. The van der Waals surface area contributed by atoms with E-state index in [1.54, 1.807) is 0 Å². The molecule has 23 heavy (non-hydrogen) atoms. The molecular weight excluding hydrogens is 288 g/mol. The number of aromatic nitrogens is 2. The first-order chi connectivity index (χ1) is 11.0. The predicted octanol–water partition coefficient (Wildman–Crippen LogP) is 2.31. The molecule has 0 saturated carbocycles. The van der Waals surface area contributed by atoms with Gasteiger partial charge >= 0.3 is 0 Å². The zero-order chi connectivity index (χ0) is 16.4. The Kier molecular flexibility index (Phi) is 4.71. The van der Waals surface area contributed by atoms with Crippen molar-refractivity contribution in [3.05, 3.63) is 30.1 Å². The van der Waals surface area contributed by atoms with Gasteiger partial charge in [-0.15, -0.1) is 0 Å². The van der Waals surface area contributed by atoms with E-state index in [0.717, 1.165) is 42.8 Å². The van der Waals surface area contributed by atoms with Crippen LogP contribution in [0.1, 0.15) is 38.6 Å². The largest absolute Gasteiger partial charge is 0.387 e. The zero-order valence-corrected chi connectivity index (χ0v) is 14.3. The quantitative estimate of drug-likeness (QED) is 0.792. The van der Waals surface area contributed by atoms with E-state index in [2.05, 4.69) is 36.1 Å². The van der Waals surface area contributed by atoms with Crippen molar-refractivity contribution in [3.63, 3.8) is 0 Å². The van der Waals surface area contributed by atoms with Crippen LogP contribution in [0.3, 0.4) is 0 Å². The molecule has 0 aliphatic carbocycles. The second-order valence-corrected chi connectivity index (χ2v) is 7.31. The average Bonchev–Trinajstić information content (AvgIpc) is 2.90. The molecule has 3 rings (SSSR count). The molecule has 1 aliphatic rings. The molecule has 1 aliphatic heterocycles. The molecule has 1 aromatic heterocycles. The first-order valence-electron chi connectivity index (χ1n) is 8.56. The number of aromatic amines is 1. The lowest BCUT2D eigenvalue weighted by molar-refractivity contribution is -0.0245. The first kappa shape index (κ1) is 16.4. The summed E-state index contributed by atoms with van der Waals surface area (Å²) in [5.74, 6) is 1.34. The van der Waals surface area contributed by atoms with E-state index in [4.69, 9.17) is 4.98 Å². The lowest BCUT2D eigenvalue weighted by Gasteiger charge is -2.38. The Balaban J connectivity index is 1.74. The van der Waals surface area contributed by atoms with Gasteiger partial charge in [0.1, 0.15) is 5.82 Å². The maximum atomic E-state index is 10.8. The highest BCUT2D eigenvalue weighted by atomic mass is 16.3. The Morgan fingerprint density at radius 1 is 1.39 bits per heavy atom. The van der Waals surface area contributed by atoms with Crippen LogP contribution in [0.4, 0.5) is 0 Å². The van der Waals surface area contributed by atoms with Crippen LogP contribution in [0, 0.1) is 5.92 Å². The van der Waals surface area contributed by atoms with Crippen molar-refractivity contribution in [2.45, 2.75) is 38.3 Å². The second-order valence-electron chi connectivity index (χ2n) is 7.31. The molecule has 0 spiro atoms. The molecule has 3 N–H and O–H groups in total. The highest BCUT2D eigenvalue weighted by molar-refractivity contribution is 5.74. The molecule has 5 heteroatoms. The summed E-state index contributed by atoms with van der Waals surface area (Å²) >= 11 is 0. The van der Waals surface area contributed by atoms with Crippen LogP contribution in [-0.2, 0) is 0 Å². The number of likely N-dealkylation sites (N-methyl/N-ethyl adjacent to an activating group) is 1. The minimum atomic E-state index is -0.647. The van der Waals surface area contributed by atoms with E-state index in [1.165, 1.54) is 0 Å². The monoisotopic (exact) mass is 316 g/mol. The molecule has 2 unspecified atom stereocenters. The number of benzene rings is 1. The Hall–Kier alpha value is -1.43. The summed E-state index contributed by atoms with van der Waals surface area (Å²) in [6.07, 6.45) is 1.90. The highest BCUT2D eigenvalue weighted by Crippen LogP contribution is 2.25. The lowest BCUT2D eigenvalue weighted by Crippen LogP contribution is -2.53. The van der Waals surface area contributed by atoms with E-state index in [9.17, 15) is 5.11 Å². The summed E-state index contributed by atoms with van der Waals surface area (Å²) < 4.78 is 0. The van der Waals surface area contributed by atoms with Gasteiger partial charge in [0.2, 0.25) is 0 Å². The van der Waals surface area contributed by atoms with Crippen molar-refractivity contribution >= 4 is 11.0 Å². The maximum Gasteiger partial charge on any atom is 0.124 e. The number of hydrogen-bond donors (Lipinski definition) is 3. The Labute approximate surface area is 138 Å². The fraction of sp³-hybridized carbons (Fsp3) is 0.611. The molecule has 0 amide bonds. The maximum absolute atomic E-state index is 10.8. The highest BCUT2D eigenvalue weighted by Gasteiger charge is 2.33. The van der Waals surface area contributed by atoms with Gasteiger partial charge in [-0.25, -0.2) is 4.98 Å². The Morgan fingerprint density at radius 2 is 2.17 bits per heavy atom. The lowest BCUT2D eigenvalue weighted by atomic mass is 9.92. The number of hydrogen-bond acceptors (Lipinski definition) is 4. The summed E-state index contributed by atoms with van der Waals surface area (Å²) in [5.41, 5.74) is 1.41. The molecule has 0 bridgehead atoms. The molecule has 2 aromatic rings. The van der Waals surface area contributed by atoms with Crippen LogP contribution in [0.25, 0.3) is 11.0 Å². The van der Waals surface area contributed by atoms with Gasteiger partial charge < -0.3 is 20.3 Å². The number of nitrogens with one attached hydrogen (secondary N) is 2. The van der Waals surface area contributed by atoms with E-state index in [0.29, 0.717) is 12.5 Å². The normalized spacial score (nSPS) is 24.4. The van der Waals surface area contributed by atoms with E-state index in [1.807, 2.05) is 24.3 Å². The number of piperidine rings is 1. The van der Waals surface area contributed by atoms with Crippen LogP contribution < -0.4 is 5.32 Å². The number of β-amino-alcohol motifs (C(OH)–C–C–N with tert-alkyl or cyclic N) is 1. The van der Waals surface area contributed by atoms with Crippen LogP contribution >= 0.6 is 0 Å². The van der Waals surface area contributed by atoms with Gasteiger partial charge in [-0.1, -0.05) is 26.0 Å². The smallest absolute Gasteiger partial charge is 0.124 e. The Bertz CT molecular complexity index is 620. The predicted molar refractivity (Wildman–Crippen MR) is 93.4 cm³/mol. The van der Waals surface area contributed by atoms with Crippen molar-refractivity contribution in [2.75, 3.05) is 26.7 Å². The molecule has 2 heterocycles. The number of imidazole rings is 1. The fourth-order valence-electron chi connectivity index (χ4n) is 3.55. The molecule has 2 atom stereocenters. The molecule has 1 fully saturated rings. The van der Waals surface area contributed by atoms with E-state index >= 15 is 0 Å². The summed E-state index contributed by atoms with van der Waals surface area (Å²) in [6, 6.07) is 8.20. The SMILES string of the molecule is CC(C)C(NCC1(O)CCCN(C)C1)c1nc2ccccc2[nH]1. The number of nitrogens with zero attached hydrogens (tertiary/aromatic N) is 2. The third-order valence-corrected chi connectivity index (χ3v) is 4.77. The average molecular weight is 316 g/mol. The van der Waals surface area contributed by atoms with Crippen LogP contribution in [0.2, 0.25) is 0 Å². The number of likely N-dealkylation sites (tertiary alicyclic amines) is 1. The van der Waals surface area contributed by atoms with Gasteiger partial charge in [0.25, 0.3) is 0 Å². The minimum Gasteiger partial charge on any atom is -0.387 e. The summed E-state index contributed by atoms with van der Waals surface area (Å²) in [5, 5.41) is 14.4. The number of para-hydroxylation sites is 2. The number of H-pyrrole nitrogens is 1. The first-order valence-corrected chi connectivity index (χ1v) is 8.56. The third-order valence-electron chi connectivity index (χ3n) is 4.77. The van der Waals surface area contributed by atoms with E-state index < -0.39 is 5.60 Å². The summed E-state index contributed by atoms with van der Waals surface area (Å²) in [7, 11) is 2.07. The van der Waals surface area contributed by atoms with Gasteiger partial charge in [-0.05, 0) is 44.5 Å². The summed E-state index contributed by atoms with van der Waals surface area (Å²) in [6.45, 7) is 6.76. The fourth-order valence-corrected chi connectivity index (χ4v) is 3.55. The van der Waals surface area contributed by atoms with Crippen molar-refractivity contribution < 1.29 is 5.11 Å². The van der Waals surface area contributed by atoms with Crippen molar-refractivity contribution in [2.24, 2.45) is 5.92 Å². The number of fused-ring (bicyclic) bond motifs is 1. The standard InChI is InChI=1S/C18H28N4O/c1-13(2)16(17-20-14-7-4-5-8-15(14)21-17)19-11-18(23)9-6-10-22(3)12-18/h4-5,7-8,13,16,19,23H,6,9-12H2,1-3H3,(H,20,21). The molecule has 1 aromatic carbocycles. The van der Waals surface area contributed by atoms with Crippen molar-refractivity contribution in [1.82, 2.24) is 20.2 Å². The molecular formula is C18H28N4O. The van der Waals surface area contributed by atoms with Gasteiger partial charge in [0.15, 0.2) is 0 Å². The second kappa shape index (κ2) is 6.59. The van der Waals surface area contributed by atoms with Crippen molar-refractivity contribution in [3.8, 4) is 0 Å². The molecule has 1 saturated heterocycles.